The van der Waals surface area contributed by atoms with Crippen LogP contribution in [0.3, 0.4) is 0 Å². The summed E-state index contributed by atoms with van der Waals surface area (Å²) in [4.78, 5) is 1.45. The van der Waals surface area contributed by atoms with Gasteiger partial charge in [-0.3, -0.25) is 0 Å². The fourth-order valence-electron chi connectivity index (χ4n) is 4.21. The number of rotatable bonds is 1. The molecule has 2 bridgehead atoms. The molecule has 1 saturated heterocycles. The zero-order valence-corrected chi connectivity index (χ0v) is 12.4. The highest BCUT2D eigenvalue weighted by Gasteiger charge is 2.64. The van der Waals surface area contributed by atoms with E-state index in [1.165, 1.54) is 18.1 Å². The third kappa shape index (κ3) is 1.28. The second-order valence-electron chi connectivity index (χ2n) is 6.15. The van der Waals surface area contributed by atoms with Gasteiger partial charge < -0.3 is 19.5 Å². The van der Waals surface area contributed by atoms with Crippen molar-refractivity contribution in [3.63, 3.8) is 0 Å². The van der Waals surface area contributed by atoms with Crippen molar-refractivity contribution in [1.29, 1.82) is 0 Å². The molecule has 1 spiro atoms. The topological polar surface area (TPSA) is 41.9 Å². The normalized spacial score (nSPS) is 58.0. The zero-order valence-electron chi connectivity index (χ0n) is 19.4. The van der Waals surface area contributed by atoms with Gasteiger partial charge in [-0.2, -0.15) is 0 Å². The van der Waals surface area contributed by atoms with Crippen LogP contribution in [0.25, 0.3) is 0 Å². The molecule has 0 amide bonds. The molecule has 1 aromatic rings. The Balaban J connectivity index is 2.04. The van der Waals surface area contributed by atoms with E-state index in [1.807, 2.05) is 0 Å². The van der Waals surface area contributed by atoms with Crippen LogP contribution in [0.5, 0.6) is 11.5 Å². The Kier molecular flexibility index (Phi) is 1.45. The van der Waals surface area contributed by atoms with E-state index >= 15 is 0 Å². The van der Waals surface area contributed by atoms with Gasteiger partial charge in [0.1, 0.15) is 12.2 Å². The van der Waals surface area contributed by atoms with E-state index < -0.39 is 41.9 Å². The summed E-state index contributed by atoms with van der Waals surface area (Å²) < 4.78 is 73.1. The quantitative estimate of drug-likeness (QED) is 0.799. The highest BCUT2D eigenvalue weighted by Crippen LogP contribution is 2.62. The van der Waals surface area contributed by atoms with E-state index in [2.05, 4.69) is 0 Å². The van der Waals surface area contributed by atoms with Crippen molar-refractivity contribution < 1.29 is 24.2 Å². The first-order valence-corrected chi connectivity index (χ1v) is 7.35. The molecule has 4 nitrogen and oxygen atoms in total. The van der Waals surface area contributed by atoms with Crippen LogP contribution >= 0.6 is 0 Å². The average Bonchev–Trinajstić information content (AvgIpc) is 2.98. The van der Waals surface area contributed by atoms with Crippen molar-refractivity contribution in [2.24, 2.45) is 5.89 Å². The van der Waals surface area contributed by atoms with Crippen molar-refractivity contribution in [1.82, 2.24) is 4.90 Å². The minimum Gasteiger partial charge on any atom is -0.493 e. The lowest BCUT2D eigenvalue weighted by atomic mass is 9.53. The van der Waals surface area contributed by atoms with Gasteiger partial charge in [0, 0.05) is 28.4 Å². The molecule has 2 heterocycles. The number of hydrogen-bond acceptors (Lipinski definition) is 4. The van der Waals surface area contributed by atoms with Gasteiger partial charge in [0.15, 0.2) is 11.5 Å². The number of hydrogen-bond donors (Lipinski definition) is 1. The molecule has 22 heavy (non-hydrogen) atoms. The molecule has 1 aromatic carbocycles. The number of benzene rings is 1. The molecule has 1 N–H and O–H groups in total. The molecular weight excluding hydrogens is 278 g/mol. The third-order valence-corrected chi connectivity index (χ3v) is 5.21. The monoisotopic (exact) mass is 306 g/mol. The summed E-state index contributed by atoms with van der Waals surface area (Å²) in [5, 5.41) is 10.8. The molecule has 4 aliphatic rings. The van der Waals surface area contributed by atoms with Crippen LogP contribution in [0.2, 0.25) is 0 Å². The summed E-state index contributed by atoms with van der Waals surface area (Å²) >= 11 is 0. The molecular formula is C18H21NO3. The molecule has 4 heteroatoms. The smallest absolute Gasteiger partial charge is 0.165 e. The van der Waals surface area contributed by atoms with E-state index in [0.717, 1.165) is 6.08 Å². The summed E-state index contributed by atoms with van der Waals surface area (Å²) in [6.45, 7) is 0.241. The largest absolute Gasteiger partial charge is 0.493 e. The highest BCUT2D eigenvalue weighted by molar-refractivity contribution is 5.62. The maximum atomic E-state index is 10.8. The van der Waals surface area contributed by atoms with E-state index in [-0.39, 0.29) is 41.6 Å². The molecule has 2 aliphatic heterocycles. The fourth-order valence-corrected chi connectivity index (χ4v) is 4.21. The molecule has 0 saturated carbocycles. The molecule has 2 aliphatic carbocycles. The molecule has 1 fully saturated rings. The molecule has 0 radical (unpaired) electrons. The van der Waals surface area contributed by atoms with Gasteiger partial charge in [-0.15, -0.1) is 0 Å². The summed E-state index contributed by atoms with van der Waals surface area (Å²) in [5.74, 6) is -1.99. The first-order chi connectivity index (χ1) is 13.3. The lowest BCUT2D eigenvalue weighted by Crippen LogP contribution is -2.64. The lowest BCUT2D eigenvalue weighted by Gasteiger charge is -2.56. The Hall–Kier alpha value is -1.52. The Morgan fingerprint density at radius 3 is 3.23 bits per heavy atom. The predicted molar refractivity (Wildman–Crippen MR) is 82.5 cm³/mol. The summed E-state index contributed by atoms with van der Waals surface area (Å²) in [5.41, 5.74) is -1.43. The first-order valence-electron chi connectivity index (χ1n) is 10.9. The summed E-state index contributed by atoms with van der Waals surface area (Å²) in [6, 6.07) is -2.98. The van der Waals surface area contributed by atoms with Crippen LogP contribution in [-0.2, 0) is 11.8 Å². The van der Waals surface area contributed by atoms with Crippen molar-refractivity contribution >= 4 is 0 Å². The second kappa shape index (κ2) is 4.06. The van der Waals surface area contributed by atoms with Crippen LogP contribution in [0.15, 0.2) is 24.2 Å². The summed E-state index contributed by atoms with van der Waals surface area (Å²) in [7, 11) is 2.87. The minimum absolute atomic E-state index is 0.00465. The SMILES string of the molecule is [2H]c1c([2H])c2c3c(c1OC)OC1C([2H])(O)C=C[C@]4([2H])[C@@]31CCN(C)[C@]4([2H])C2([2H])[2H]. The Morgan fingerprint density at radius 1 is 1.55 bits per heavy atom. The van der Waals surface area contributed by atoms with Gasteiger partial charge in [0.25, 0.3) is 0 Å². The number of likely N-dealkylation sites (tertiary alicyclic amines) is 1. The van der Waals surface area contributed by atoms with Crippen LogP contribution in [-0.4, -0.2) is 48.9 Å². The Labute approximate surface area is 140 Å². The molecule has 0 aromatic heterocycles. The van der Waals surface area contributed by atoms with E-state index in [9.17, 15) is 7.85 Å². The number of aliphatic hydroxyl groups is 1. The van der Waals surface area contributed by atoms with Gasteiger partial charge in [-0.1, -0.05) is 18.2 Å². The van der Waals surface area contributed by atoms with Crippen molar-refractivity contribution in [3.8, 4) is 11.5 Å². The number of piperidine rings is 1. The first kappa shape index (κ1) is 7.84. The molecule has 116 valence electrons. The number of methoxy groups -OCH3 is 1. The average molecular weight is 306 g/mol. The van der Waals surface area contributed by atoms with Crippen LogP contribution < -0.4 is 9.47 Å². The molecule has 5 rings (SSSR count). The van der Waals surface area contributed by atoms with Crippen LogP contribution in [0, 0.1) is 5.89 Å². The van der Waals surface area contributed by atoms with Gasteiger partial charge in [0.2, 0.25) is 0 Å². The Bertz CT molecular complexity index is 998. The van der Waals surface area contributed by atoms with E-state index in [4.69, 9.17) is 16.3 Å². The van der Waals surface area contributed by atoms with Gasteiger partial charge >= 0.3 is 0 Å². The van der Waals surface area contributed by atoms with E-state index in [1.54, 1.807) is 7.05 Å². The van der Waals surface area contributed by atoms with Gasteiger partial charge in [-0.05, 0) is 38.0 Å². The fraction of sp³-hybridized carbons (Fsp3) is 0.556. The predicted octanol–water partition coefficient (Wildman–Crippen LogP) is 1.50. The van der Waals surface area contributed by atoms with Crippen molar-refractivity contribution in [2.45, 2.75) is 36.4 Å². The zero-order chi connectivity index (χ0) is 21.4. The van der Waals surface area contributed by atoms with Crippen LogP contribution in [0.1, 0.15) is 27.1 Å². The maximum Gasteiger partial charge on any atom is 0.165 e. The van der Waals surface area contributed by atoms with Crippen LogP contribution in [0.4, 0.5) is 0 Å². The lowest BCUT2D eigenvalue weighted by molar-refractivity contribution is -0.0453. The molecule has 5 atom stereocenters. The second-order valence-corrected chi connectivity index (χ2v) is 6.15. The number of ether oxygens (including phenoxy) is 2. The van der Waals surface area contributed by atoms with Gasteiger partial charge in [0.05, 0.1) is 11.2 Å². The summed E-state index contributed by atoms with van der Waals surface area (Å²) in [6.07, 6.45) is -3.46. The Morgan fingerprint density at radius 2 is 2.41 bits per heavy atom. The standard InChI is InChI=1S/C18H21NO3/c1-19-8-7-18-11-4-5-13(20)17(18)22-16-14(21-2)6-3-10(15(16)18)9-12(11)19/h3-6,11-13,17,20H,7-9H2,1-2H3/t11-,12+,13?,17?,18-/m0/s1/i3D,6D,9D2,11D,12D,13D. The van der Waals surface area contributed by atoms with E-state index in [0.29, 0.717) is 0 Å². The third-order valence-electron chi connectivity index (χ3n) is 5.21. The highest BCUT2D eigenvalue weighted by atomic mass is 16.5. The number of likely N-dealkylation sites (N-methyl/N-ethyl adjacent to an activating group) is 1. The molecule has 2 unspecified atom stereocenters. The van der Waals surface area contributed by atoms with Crippen molar-refractivity contribution in [3.05, 3.63) is 35.4 Å². The van der Waals surface area contributed by atoms with Crippen molar-refractivity contribution in [2.75, 3.05) is 20.7 Å². The van der Waals surface area contributed by atoms with Gasteiger partial charge in [-0.25, -0.2) is 0 Å². The maximum absolute atomic E-state index is 10.8. The minimum atomic E-state index is -2.50. The number of nitrogens with zero attached hydrogens (tertiary/aromatic N) is 1.